The summed E-state index contributed by atoms with van der Waals surface area (Å²) >= 11 is 2.14. The molecule has 0 saturated heterocycles. The molecule has 114 valence electrons. The van der Waals surface area contributed by atoms with Gasteiger partial charge in [0.25, 0.3) is 0 Å². The summed E-state index contributed by atoms with van der Waals surface area (Å²) < 4.78 is 9.62. The normalized spacial score (nSPS) is 22.1. The maximum Gasteiger partial charge on any atom is 0.250 e. The lowest BCUT2D eigenvalue weighted by Crippen LogP contribution is -2.41. The van der Waals surface area contributed by atoms with E-state index in [1.54, 1.807) is 0 Å². The molecule has 2 atom stereocenters. The van der Waals surface area contributed by atoms with Crippen molar-refractivity contribution in [1.82, 2.24) is 0 Å². The van der Waals surface area contributed by atoms with Gasteiger partial charge in [0.15, 0.2) is 0 Å². The molecular weight excluding hydrogens is 375 g/mol. The molecule has 0 radical (unpaired) electrons. The number of rotatable bonds is 3. The van der Waals surface area contributed by atoms with Crippen LogP contribution < -0.4 is 0 Å². The highest BCUT2D eigenvalue weighted by molar-refractivity contribution is 14.1. The topological polar surface area (TPSA) is 9.23 Å². The Labute approximate surface area is 140 Å². The molecule has 1 aliphatic carbocycles. The lowest BCUT2D eigenvalue weighted by Gasteiger charge is -2.40. The van der Waals surface area contributed by atoms with Gasteiger partial charge in [-0.25, -0.2) is 0 Å². The quantitative estimate of drug-likeness (QED) is 0.313. The van der Waals surface area contributed by atoms with Crippen molar-refractivity contribution in [3.8, 4) is 9.85 Å². The van der Waals surface area contributed by atoms with E-state index in [4.69, 9.17) is 4.43 Å². The third-order valence-electron chi connectivity index (χ3n) is 4.99. The van der Waals surface area contributed by atoms with Crippen LogP contribution in [0.2, 0.25) is 18.1 Å². The van der Waals surface area contributed by atoms with Crippen molar-refractivity contribution in [2.45, 2.75) is 72.0 Å². The van der Waals surface area contributed by atoms with Gasteiger partial charge in [-0.05, 0) is 53.3 Å². The third-order valence-corrected chi connectivity index (χ3v) is 9.67. The van der Waals surface area contributed by atoms with Crippen LogP contribution in [-0.2, 0) is 4.43 Å². The van der Waals surface area contributed by atoms with Gasteiger partial charge in [0.05, 0.1) is 5.76 Å². The standard InChI is InChI=1S/C17H29IOSi/c1-13(11-12-18)15-9-8-10-16(14(15)2)19-20(6,7)17(3,4)5/h13,15H,8-10H2,1-7H3. The van der Waals surface area contributed by atoms with E-state index in [1.807, 2.05) is 0 Å². The van der Waals surface area contributed by atoms with E-state index >= 15 is 0 Å². The van der Waals surface area contributed by atoms with Crippen LogP contribution >= 0.6 is 22.6 Å². The highest BCUT2D eigenvalue weighted by atomic mass is 127. The summed E-state index contributed by atoms with van der Waals surface area (Å²) in [5, 5.41) is 0.265. The van der Waals surface area contributed by atoms with Gasteiger partial charge in [-0.1, -0.05) is 33.6 Å². The summed E-state index contributed by atoms with van der Waals surface area (Å²) in [5.74, 6) is 5.60. The maximum atomic E-state index is 6.58. The second-order valence-corrected chi connectivity index (χ2v) is 12.8. The van der Waals surface area contributed by atoms with Gasteiger partial charge < -0.3 is 4.43 Å². The minimum Gasteiger partial charge on any atom is -0.547 e. The highest BCUT2D eigenvalue weighted by Crippen LogP contribution is 2.42. The fraction of sp³-hybridized carbons (Fsp3) is 0.765. The second-order valence-electron chi connectivity index (χ2n) is 7.49. The Kier molecular flexibility index (Phi) is 6.22. The molecule has 1 nitrogen and oxygen atoms in total. The molecule has 3 heteroatoms. The summed E-state index contributed by atoms with van der Waals surface area (Å²) in [6.45, 7) is 16.1. The van der Waals surface area contributed by atoms with Crippen LogP contribution in [0, 0.1) is 21.7 Å². The summed E-state index contributed by atoms with van der Waals surface area (Å²) in [7, 11) is -1.71. The number of hydrogen-bond donors (Lipinski definition) is 0. The second kappa shape index (κ2) is 6.87. The largest absolute Gasteiger partial charge is 0.547 e. The van der Waals surface area contributed by atoms with Crippen LogP contribution in [0.15, 0.2) is 11.3 Å². The van der Waals surface area contributed by atoms with Crippen molar-refractivity contribution < 1.29 is 4.43 Å². The highest BCUT2D eigenvalue weighted by Gasteiger charge is 2.40. The zero-order valence-electron chi connectivity index (χ0n) is 14.1. The molecule has 0 heterocycles. The Bertz CT molecular complexity index is 434. The summed E-state index contributed by atoms with van der Waals surface area (Å²) in [6.07, 6.45) is 3.60. The van der Waals surface area contributed by atoms with Crippen LogP contribution in [0.1, 0.15) is 53.9 Å². The molecule has 0 amide bonds. The zero-order valence-corrected chi connectivity index (χ0v) is 17.2. The van der Waals surface area contributed by atoms with Crippen LogP contribution in [0.3, 0.4) is 0 Å². The van der Waals surface area contributed by atoms with Crippen molar-refractivity contribution >= 4 is 30.9 Å². The van der Waals surface area contributed by atoms with Crippen LogP contribution in [0.4, 0.5) is 0 Å². The van der Waals surface area contributed by atoms with Gasteiger partial charge in [-0.3, -0.25) is 0 Å². The summed E-state index contributed by atoms with van der Waals surface area (Å²) in [6, 6.07) is 0. The molecule has 0 saturated carbocycles. The molecule has 0 N–H and O–H groups in total. The predicted molar refractivity (Wildman–Crippen MR) is 99.3 cm³/mol. The molecule has 1 rings (SSSR count). The van der Waals surface area contributed by atoms with Crippen molar-refractivity contribution in [1.29, 1.82) is 0 Å². The minimum absolute atomic E-state index is 0.265. The van der Waals surface area contributed by atoms with Crippen LogP contribution in [-0.4, -0.2) is 8.32 Å². The monoisotopic (exact) mass is 404 g/mol. The van der Waals surface area contributed by atoms with Gasteiger partial charge in [0.1, 0.15) is 0 Å². The lowest BCUT2D eigenvalue weighted by molar-refractivity contribution is 0.308. The Morgan fingerprint density at radius 1 is 1.35 bits per heavy atom. The Hall–Kier alpha value is 0.0469. The predicted octanol–water partition coefficient (Wildman–Crippen LogP) is 6.11. The summed E-state index contributed by atoms with van der Waals surface area (Å²) in [5.41, 5.74) is 1.45. The van der Waals surface area contributed by atoms with E-state index in [1.165, 1.54) is 24.2 Å². The summed E-state index contributed by atoms with van der Waals surface area (Å²) in [4.78, 5) is 0. The molecule has 1 aliphatic rings. The van der Waals surface area contributed by atoms with E-state index in [9.17, 15) is 0 Å². The van der Waals surface area contributed by atoms with E-state index in [-0.39, 0.29) is 5.04 Å². The van der Waals surface area contributed by atoms with E-state index in [2.05, 4.69) is 80.2 Å². The van der Waals surface area contributed by atoms with Gasteiger partial charge in [-0.2, -0.15) is 0 Å². The zero-order chi connectivity index (χ0) is 15.6. The first-order valence-electron chi connectivity index (χ1n) is 7.60. The van der Waals surface area contributed by atoms with E-state index < -0.39 is 8.32 Å². The van der Waals surface area contributed by atoms with Crippen molar-refractivity contribution in [3.05, 3.63) is 11.3 Å². The Morgan fingerprint density at radius 3 is 2.45 bits per heavy atom. The fourth-order valence-corrected chi connectivity index (χ4v) is 4.18. The molecule has 0 spiro atoms. The first-order chi connectivity index (χ1) is 9.10. The lowest BCUT2D eigenvalue weighted by atomic mass is 9.80. The van der Waals surface area contributed by atoms with Crippen molar-refractivity contribution in [3.63, 3.8) is 0 Å². The van der Waals surface area contributed by atoms with Gasteiger partial charge in [-0.15, -0.1) is 0 Å². The number of hydrogen-bond acceptors (Lipinski definition) is 1. The third kappa shape index (κ3) is 4.27. The molecule has 0 aromatic rings. The van der Waals surface area contributed by atoms with Gasteiger partial charge in [0.2, 0.25) is 8.32 Å². The van der Waals surface area contributed by atoms with Crippen LogP contribution in [0.25, 0.3) is 0 Å². The SMILES string of the molecule is CC1=C(O[Si](C)(C)C(C)(C)C)CCCC1C(C)C#CI. The molecule has 20 heavy (non-hydrogen) atoms. The van der Waals surface area contributed by atoms with E-state index in [0.717, 1.165) is 6.42 Å². The molecule has 0 aliphatic heterocycles. The Balaban J connectivity index is 2.98. The van der Waals surface area contributed by atoms with Crippen molar-refractivity contribution in [2.24, 2.45) is 11.8 Å². The molecule has 2 unspecified atom stereocenters. The average Bonchev–Trinajstić information content (AvgIpc) is 2.30. The molecule has 0 bridgehead atoms. The minimum atomic E-state index is -1.71. The molecule has 0 aromatic carbocycles. The first kappa shape index (κ1) is 18.1. The Morgan fingerprint density at radius 2 is 1.95 bits per heavy atom. The molecule has 0 aromatic heterocycles. The van der Waals surface area contributed by atoms with Gasteiger partial charge >= 0.3 is 0 Å². The first-order valence-corrected chi connectivity index (χ1v) is 11.6. The molecular formula is C17H29IOSi. The van der Waals surface area contributed by atoms with E-state index in [0.29, 0.717) is 11.8 Å². The number of allylic oxidation sites excluding steroid dienone is 2. The fourth-order valence-electron chi connectivity index (χ4n) is 2.51. The maximum absolute atomic E-state index is 6.58. The average molecular weight is 404 g/mol. The van der Waals surface area contributed by atoms with Gasteiger partial charge in [0, 0.05) is 34.9 Å². The van der Waals surface area contributed by atoms with Crippen LogP contribution in [0.5, 0.6) is 0 Å². The van der Waals surface area contributed by atoms with Crippen molar-refractivity contribution in [2.75, 3.05) is 0 Å². The molecule has 0 fully saturated rings. The smallest absolute Gasteiger partial charge is 0.250 e. The number of halogens is 1.